The van der Waals surface area contributed by atoms with Gasteiger partial charge in [0.2, 0.25) is 0 Å². The summed E-state index contributed by atoms with van der Waals surface area (Å²) in [4.78, 5) is 11.1. The van der Waals surface area contributed by atoms with Crippen molar-refractivity contribution in [1.29, 1.82) is 0 Å². The van der Waals surface area contributed by atoms with E-state index in [0.717, 1.165) is 32.1 Å². The molecule has 4 aliphatic carbocycles. The number of hydrogen-bond acceptors (Lipinski definition) is 3. The lowest BCUT2D eigenvalue weighted by Gasteiger charge is -2.64. The summed E-state index contributed by atoms with van der Waals surface area (Å²) in [6.07, 6.45) is 9.27. The zero-order valence-corrected chi connectivity index (χ0v) is 19.5. The van der Waals surface area contributed by atoms with Crippen LogP contribution in [0.4, 0.5) is 0 Å². The zero-order valence-electron chi connectivity index (χ0n) is 19.5. The van der Waals surface area contributed by atoms with E-state index in [1.165, 1.54) is 25.7 Å². The van der Waals surface area contributed by atoms with E-state index >= 15 is 0 Å². The summed E-state index contributed by atoms with van der Waals surface area (Å²) < 4.78 is 0. The Morgan fingerprint density at radius 2 is 1.67 bits per heavy atom. The van der Waals surface area contributed by atoms with E-state index in [2.05, 4.69) is 27.7 Å². The molecule has 4 rings (SSSR count). The standard InChI is InChI=1S/C26H44O4/c1-5-17-21-14-16(27)10-12-26(21,4)20-11-13-25(3)18(15(2)6-9-22(28)29)7-8-19(25)23(20)24(17)30/h15-21,23-24,27,30H,5-14H2,1-4H3,(H,28,29)/t15-,16-,17-,18?,19?,20?,21?,23?,24-,25?,26?/m1/s1. The molecule has 7 unspecified atom stereocenters. The van der Waals surface area contributed by atoms with Gasteiger partial charge in [0.05, 0.1) is 12.2 Å². The number of carboxylic acid groups (broad SMARTS) is 1. The first-order valence-corrected chi connectivity index (χ1v) is 12.7. The second-order valence-corrected chi connectivity index (χ2v) is 12.0. The molecule has 0 bridgehead atoms. The van der Waals surface area contributed by atoms with Crippen LogP contribution in [0, 0.1) is 52.3 Å². The van der Waals surface area contributed by atoms with Gasteiger partial charge in [0.25, 0.3) is 0 Å². The van der Waals surface area contributed by atoms with Crippen LogP contribution in [-0.2, 0) is 4.79 Å². The number of aliphatic hydroxyl groups is 2. The average molecular weight is 421 g/mol. The highest BCUT2D eigenvalue weighted by Gasteiger charge is 2.64. The zero-order chi connectivity index (χ0) is 21.8. The molecule has 11 atom stereocenters. The third-order valence-electron chi connectivity index (χ3n) is 11.0. The Morgan fingerprint density at radius 3 is 2.33 bits per heavy atom. The van der Waals surface area contributed by atoms with Crippen LogP contribution < -0.4 is 0 Å². The summed E-state index contributed by atoms with van der Waals surface area (Å²) in [5.41, 5.74) is 0.480. The molecule has 172 valence electrons. The van der Waals surface area contributed by atoms with E-state index < -0.39 is 5.97 Å². The van der Waals surface area contributed by atoms with Crippen molar-refractivity contribution in [1.82, 2.24) is 0 Å². The molecule has 4 aliphatic rings. The number of aliphatic hydroxyl groups excluding tert-OH is 2. The normalized spacial score (nSPS) is 51.5. The molecule has 4 fully saturated rings. The molecule has 3 N–H and O–H groups in total. The van der Waals surface area contributed by atoms with Gasteiger partial charge in [0, 0.05) is 6.42 Å². The van der Waals surface area contributed by atoms with Crippen molar-refractivity contribution < 1.29 is 20.1 Å². The maximum Gasteiger partial charge on any atom is 0.303 e. The molecular formula is C26H44O4. The maximum absolute atomic E-state index is 11.7. The maximum atomic E-state index is 11.7. The molecule has 0 aromatic heterocycles. The molecule has 0 aliphatic heterocycles. The summed E-state index contributed by atoms with van der Waals surface area (Å²) in [6, 6.07) is 0. The average Bonchev–Trinajstić information content (AvgIpc) is 3.05. The van der Waals surface area contributed by atoms with E-state index in [-0.39, 0.29) is 29.5 Å². The van der Waals surface area contributed by atoms with Crippen molar-refractivity contribution in [3.8, 4) is 0 Å². The molecular weight excluding hydrogens is 376 g/mol. The van der Waals surface area contributed by atoms with Crippen molar-refractivity contribution in [2.24, 2.45) is 52.3 Å². The topological polar surface area (TPSA) is 77.8 Å². The number of hydrogen-bond donors (Lipinski definition) is 3. The van der Waals surface area contributed by atoms with Gasteiger partial charge in [-0.15, -0.1) is 0 Å². The van der Waals surface area contributed by atoms with Gasteiger partial charge in [0.1, 0.15) is 0 Å². The molecule has 0 saturated heterocycles. The molecule has 0 amide bonds. The largest absolute Gasteiger partial charge is 0.481 e. The highest BCUT2D eigenvalue weighted by Crippen LogP contribution is 2.69. The lowest BCUT2D eigenvalue weighted by molar-refractivity contribution is -0.203. The van der Waals surface area contributed by atoms with Gasteiger partial charge in [-0.2, -0.15) is 0 Å². The van der Waals surface area contributed by atoms with Crippen molar-refractivity contribution in [3.05, 3.63) is 0 Å². The Labute approximate surface area is 182 Å². The second-order valence-electron chi connectivity index (χ2n) is 12.0. The Bertz CT molecular complexity index is 649. The van der Waals surface area contributed by atoms with Gasteiger partial charge in [0.15, 0.2) is 0 Å². The minimum atomic E-state index is -0.683. The molecule has 4 saturated carbocycles. The Hall–Kier alpha value is -0.610. The van der Waals surface area contributed by atoms with Crippen molar-refractivity contribution in [2.75, 3.05) is 0 Å². The molecule has 0 aromatic rings. The van der Waals surface area contributed by atoms with Gasteiger partial charge in [-0.25, -0.2) is 0 Å². The lowest BCUT2D eigenvalue weighted by Crippen LogP contribution is -2.62. The Morgan fingerprint density at radius 1 is 1.00 bits per heavy atom. The monoisotopic (exact) mass is 420 g/mol. The number of carboxylic acids is 1. The molecule has 0 heterocycles. The number of rotatable bonds is 5. The second kappa shape index (κ2) is 8.06. The van der Waals surface area contributed by atoms with Crippen molar-refractivity contribution in [2.45, 2.75) is 104 Å². The summed E-state index contributed by atoms with van der Waals surface area (Å²) in [5, 5.41) is 31.3. The fourth-order valence-electron chi connectivity index (χ4n) is 9.48. The summed E-state index contributed by atoms with van der Waals surface area (Å²) in [6.45, 7) is 9.44. The van der Waals surface area contributed by atoms with Gasteiger partial charge >= 0.3 is 5.97 Å². The Balaban J connectivity index is 1.61. The predicted octanol–water partition coefficient (Wildman–Crippen LogP) is 5.11. The van der Waals surface area contributed by atoms with Crippen LogP contribution >= 0.6 is 0 Å². The molecule has 30 heavy (non-hydrogen) atoms. The molecule has 0 spiro atoms. The summed E-state index contributed by atoms with van der Waals surface area (Å²) >= 11 is 0. The number of fused-ring (bicyclic) bond motifs is 5. The third kappa shape index (κ3) is 3.36. The highest BCUT2D eigenvalue weighted by atomic mass is 16.4. The highest BCUT2D eigenvalue weighted by molar-refractivity contribution is 5.66. The minimum absolute atomic E-state index is 0.194. The SMILES string of the molecule is CC[C@@H]1C2C[C@H](O)CCC2(C)C2CCC3(C)C(CCC3[C@H](C)CCC(=O)O)C2[C@@H]1O. The van der Waals surface area contributed by atoms with E-state index in [4.69, 9.17) is 5.11 Å². The fraction of sp³-hybridized carbons (Fsp3) is 0.962. The van der Waals surface area contributed by atoms with Gasteiger partial charge in [-0.3, -0.25) is 4.79 Å². The van der Waals surface area contributed by atoms with Gasteiger partial charge < -0.3 is 15.3 Å². The number of aliphatic carboxylic acids is 1. The van der Waals surface area contributed by atoms with Crippen LogP contribution in [0.25, 0.3) is 0 Å². The van der Waals surface area contributed by atoms with Gasteiger partial charge in [-0.05, 0) is 104 Å². The van der Waals surface area contributed by atoms with Crippen LogP contribution in [0.1, 0.15) is 91.9 Å². The fourth-order valence-corrected chi connectivity index (χ4v) is 9.48. The van der Waals surface area contributed by atoms with Crippen LogP contribution in [0.5, 0.6) is 0 Å². The molecule has 0 radical (unpaired) electrons. The van der Waals surface area contributed by atoms with E-state index in [0.29, 0.717) is 41.4 Å². The van der Waals surface area contributed by atoms with E-state index in [1.54, 1.807) is 0 Å². The Kier molecular flexibility index (Phi) is 6.07. The van der Waals surface area contributed by atoms with Gasteiger partial charge in [-0.1, -0.05) is 34.1 Å². The lowest BCUT2D eigenvalue weighted by atomic mass is 9.41. The minimum Gasteiger partial charge on any atom is -0.481 e. The smallest absolute Gasteiger partial charge is 0.303 e. The van der Waals surface area contributed by atoms with E-state index in [9.17, 15) is 15.0 Å². The van der Waals surface area contributed by atoms with Crippen LogP contribution in [0.2, 0.25) is 0 Å². The molecule has 4 nitrogen and oxygen atoms in total. The van der Waals surface area contributed by atoms with Crippen molar-refractivity contribution >= 4 is 5.97 Å². The summed E-state index contributed by atoms with van der Waals surface area (Å²) in [7, 11) is 0. The molecule has 0 aromatic carbocycles. The summed E-state index contributed by atoms with van der Waals surface area (Å²) in [5.74, 6) is 2.58. The first-order chi connectivity index (χ1) is 14.1. The first-order valence-electron chi connectivity index (χ1n) is 12.7. The van der Waals surface area contributed by atoms with E-state index in [1.807, 2.05) is 0 Å². The number of carbonyl (C=O) groups is 1. The molecule has 4 heteroatoms. The van der Waals surface area contributed by atoms with Crippen molar-refractivity contribution in [3.63, 3.8) is 0 Å². The third-order valence-corrected chi connectivity index (χ3v) is 11.0. The quantitative estimate of drug-likeness (QED) is 0.577. The predicted molar refractivity (Wildman–Crippen MR) is 118 cm³/mol. The first kappa shape index (κ1) is 22.6. The van der Waals surface area contributed by atoms with Crippen LogP contribution in [-0.4, -0.2) is 33.5 Å². The van der Waals surface area contributed by atoms with Crippen LogP contribution in [0.3, 0.4) is 0 Å². The van der Waals surface area contributed by atoms with Crippen LogP contribution in [0.15, 0.2) is 0 Å².